The van der Waals surface area contributed by atoms with Crippen molar-refractivity contribution in [3.63, 3.8) is 0 Å². The SMILES string of the molecule is Cc1nn(C2CCS(=O)(=O)C2)c2nc(-c3ccco3)cc(C(=O)NCCc3ccc(F)cc3)c12. The van der Waals surface area contributed by atoms with Gasteiger partial charge in [0.1, 0.15) is 11.5 Å². The third-order valence-electron chi connectivity index (χ3n) is 6.02. The lowest BCUT2D eigenvalue weighted by Crippen LogP contribution is -2.26. The van der Waals surface area contributed by atoms with Crippen LogP contribution in [-0.4, -0.2) is 47.1 Å². The van der Waals surface area contributed by atoms with E-state index in [2.05, 4.69) is 10.4 Å². The number of sulfone groups is 1. The van der Waals surface area contributed by atoms with Gasteiger partial charge in [-0.05, 0) is 55.7 Å². The number of hydrogen-bond donors (Lipinski definition) is 1. The van der Waals surface area contributed by atoms with Crippen LogP contribution in [0.3, 0.4) is 0 Å². The number of amides is 1. The normalized spacial score (nSPS) is 17.3. The predicted molar refractivity (Wildman–Crippen MR) is 125 cm³/mol. The first-order valence-electron chi connectivity index (χ1n) is 11.0. The molecule has 176 valence electrons. The number of aryl methyl sites for hydroxylation is 1. The number of benzene rings is 1. The van der Waals surface area contributed by atoms with Crippen LogP contribution in [0.4, 0.5) is 4.39 Å². The Hall–Kier alpha value is -3.53. The number of aromatic nitrogens is 3. The van der Waals surface area contributed by atoms with Gasteiger partial charge in [0, 0.05) is 6.54 Å². The maximum absolute atomic E-state index is 13.2. The fourth-order valence-electron chi connectivity index (χ4n) is 4.33. The largest absolute Gasteiger partial charge is 0.463 e. The van der Waals surface area contributed by atoms with Crippen LogP contribution in [0.1, 0.15) is 34.1 Å². The molecule has 0 aliphatic carbocycles. The van der Waals surface area contributed by atoms with Gasteiger partial charge in [-0.3, -0.25) is 4.79 Å². The second kappa shape index (κ2) is 8.68. The van der Waals surface area contributed by atoms with Gasteiger partial charge in [0.25, 0.3) is 5.91 Å². The number of carbonyl (C=O) groups is 1. The van der Waals surface area contributed by atoms with E-state index in [1.165, 1.54) is 18.4 Å². The molecule has 0 saturated carbocycles. The lowest BCUT2D eigenvalue weighted by atomic mass is 10.1. The van der Waals surface area contributed by atoms with Gasteiger partial charge in [-0.15, -0.1) is 0 Å². The molecule has 1 unspecified atom stereocenters. The highest BCUT2D eigenvalue weighted by Gasteiger charge is 2.32. The van der Waals surface area contributed by atoms with Crippen LogP contribution in [0.15, 0.2) is 53.1 Å². The van der Waals surface area contributed by atoms with Crippen LogP contribution in [0.25, 0.3) is 22.5 Å². The first-order chi connectivity index (χ1) is 16.3. The highest BCUT2D eigenvalue weighted by Crippen LogP contribution is 2.32. The Balaban J connectivity index is 1.51. The van der Waals surface area contributed by atoms with E-state index >= 15 is 0 Å². The highest BCUT2D eigenvalue weighted by atomic mass is 32.2. The lowest BCUT2D eigenvalue weighted by Gasteiger charge is -2.12. The fraction of sp³-hybridized carbons (Fsp3) is 0.292. The van der Waals surface area contributed by atoms with Crippen molar-refractivity contribution in [2.75, 3.05) is 18.1 Å². The maximum atomic E-state index is 13.2. The minimum Gasteiger partial charge on any atom is -0.463 e. The van der Waals surface area contributed by atoms with Crippen LogP contribution in [0.5, 0.6) is 0 Å². The van der Waals surface area contributed by atoms with Crippen LogP contribution in [0.2, 0.25) is 0 Å². The molecule has 0 radical (unpaired) electrons. The summed E-state index contributed by atoms with van der Waals surface area (Å²) in [5.41, 5.74) is 2.81. The second-order valence-electron chi connectivity index (χ2n) is 8.45. The van der Waals surface area contributed by atoms with E-state index in [-0.39, 0.29) is 29.3 Å². The van der Waals surface area contributed by atoms with Crippen molar-refractivity contribution in [1.82, 2.24) is 20.1 Å². The third-order valence-corrected chi connectivity index (χ3v) is 7.77. The number of carbonyl (C=O) groups excluding carboxylic acids is 1. The summed E-state index contributed by atoms with van der Waals surface area (Å²) in [6.45, 7) is 2.14. The van der Waals surface area contributed by atoms with Gasteiger partial charge in [-0.1, -0.05) is 12.1 Å². The van der Waals surface area contributed by atoms with Crippen LogP contribution >= 0.6 is 0 Å². The highest BCUT2D eigenvalue weighted by molar-refractivity contribution is 7.91. The smallest absolute Gasteiger partial charge is 0.252 e. The molecule has 1 atom stereocenters. The average molecular weight is 483 g/mol. The summed E-state index contributed by atoms with van der Waals surface area (Å²) in [5, 5.41) is 8.09. The Labute approximate surface area is 195 Å². The van der Waals surface area contributed by atoms with Crippen molar-refractivity contribution in [3.8, 4) is 11.5 Å². The maximum Gasteiger partial charge on any atom is 0.252 e. The van der Waals surface area contributed by atoms with Gasteiger partial charge >= 0.3 is 0 Å². The second-order valence-corrected chi connectivity index (χ2v) is 10.7. The molecule has 8 nitrogen and oxygen atoms in total. The van der Waals surface area contributed by atoms with E-state index in [0.717, 1.165) is 5.56 Å². The number of halogens is 1. The molecule has 1 saturated heterocycles. The van der Waals surface area contributed by atoms with Crippen LogP contribution < -0.4 is 5.32 Å². The zero-order valence-electron chi connectivity index (χ0n) is 18.5. The van der Waals surface area contributed by atoms with Crippen molar-refractivity contribution in [2.24, 2.45) is 0 Å². The van der Waals surface area contributed by atoms with E-state index in [0.29, 0.717) is 53.1 Å². The van der Waals surface area contributed by atoms with Crippen LogP contribution in [0, 0.1) is 12.7 Å². The van der Waals surface area contributed by atoms with E-state index < -0.39 is 9.84 Å². The molecule has 4 aromatic rings. The standard InChI is InChI=1S/C24H23FN4O4S/c1-15-22-19(24(30)26-10-8-16-4-6-17(25)7-5-16)13-20(21-3-2-11-33-21)27-23(22)29(28-15)18-9-12-34(31,32)14-18/h2-7,11,13,18H,8-10,12,14H2,1H3,(H,26,30). The van der Waals surface area contributed by atoms with Crippen molar-refractivity contribution in [1.29, 1.82) is 0 Å². The third kappa shape index (κ3) is 4.33. The molecular weight excluding hydrogens is 459 g/mol. The molecule has 1 N–H and O–H groups in total. The molecule has 0 spiro atoms. The lowest BCUT2D eigenvalue weighted by molar-refractivity contribution is 0.0955. The topological polar surface area (TPSA) is 107 Å². The minimum absolute atomic E-state index is 0.00488. The Bertz CT molecular complexity index is 1460. The zero-order valence-corrected chi connectivity index (χ0v) is 19.3. The summed E-state index contributed by atoms with van der Waals surface area (Å²) in [4.78, 5) is 18.0. The Morgan fingerprint density at radius 3 is 2.74 bits per heavy atom. The van der Waals surface area contributed by atoms with Gasteiger partial charge in [0.05, 0.1) is 40.5 Å². The van der Waals surface area contributed by atoms with Crippen molar-refractivity contribution in [2.45, 2.75) is 25.8 Å². The summed E-state index contributed by atoms with van der Waals surface area (Å²) in [5.74, 6) is -0.0161. The minimum atomic E-state index is -3.13. The molecule has 1 aromatic carbocycles. The first kappa shape index (κ1) is 22.3. The first-order valence-corrected chi connectivity index (χ1v) is 12.8. The van der Waals surface area contributed by atoms with E-state index in [1.807, 2.05) is 0 Å². The quantitative estimate of drug-likeness (QED) is 0.451. The fourth-order valence-corrected chi connectivity index (χ4v) is 6.02. The predicted octanol–water partition coefficient (Wildman–Crippen LogP) is 3.47. The zero-order chi connectivity index (χ0) is 23.9. The Kier molecular flexibility index (Phi) is 5.68. The number of fused-ring (bicyclic) bond motifs is 1. The van der Waals surface area contributed by atoms with E-state index in [4.69, 9.17) is 9.40 Å². The molecule has 5 rings (SSSR count). The van der Waals surface area contributed by atoms with Gasteiger partial charge in [0.2, 0.25) is 0 Å². The molecule has 1 aliphatic rings. The van der Waals surface area contributed by atoms with Gasteiger partial charge in [-0.25, -0.2) is 22.5 Å². The summed E-state index contributed by atoms with van der Waals surface area (Å²) >= 11 is 0. The van der Waals surface area contributed by atoms with E-state index in [9.17, 15) is 17.6 Å². The number of nitrogens with one attached hydrogen (secondary N) is 1. The molecule has 4 heterocycles. The molecule has 0 bridgehead atoms. The van der Waals surface area contributed by atoms with Crippen LogP contribution in [-0.2, 0) is 16.3 Å². The van der Waals surface area contributed by atoms with Crippen molar-refractivity contribution in [3.05, 3.63) is 71.4 Å². The summed E-state index contributed by atoms with van der Waals surface area (Å²) in [7, 11) is -3.13. The molecular formula is C24H23FN4O4S. The monoisotopic (exact) mass is 482 g/mol. The molecule has 1 fully saturated rings. The van der Waals surface area contributed by atoms with Gasteiger partial charge in [-0.2, -0.15) is 5.10 Å². The summed E-state index contributed by atoms with van der Waals surface area (Å²) < 4.78 is 44.4. The summed E-state index contributed by atoms with van der Waals surface area (Å²) in [6.07, 6.45) is 2.52. The molecule has 1 amide bonds. The number of furan rings is 1. The number of nitrogens with zero attached hydrogens (tertiary/aromatic N) is 3. The van der Waals surface area contributed by atoms with Gasteiger partial charge < -0.3 is 9.73 Å². The van der Waals surface area contributed by atoms with E-state index in [1.54, 1.807) is 41.9 Å². The number of rotatable bonds is 6. The molecule has 10 heteroatoms. The Morgan fingerprint density at radius 1 is 1.26 bits per heavy atom. The number of hydrogen-bond acceptors (Lipinski definition) is 6. The van der Waals surface area contributed by atoms with Gasteiger partial charge in [0.15, 0.2) is 21.2 Å². The van der Waals surface area contributed by atoms with Crippen molar-refractivity contribution < 1.29 is 22.0 Å². The Morgan fingerprint density at radius 2 is 2.06 bits per heavy atom. The molecule has 34 heavy (non-hydrogen) atoms. The number of pyridine rings is 1. The molecule has 3 aromatic heterocycles. The average Bonchev–Trinajstić information content (AvgIpc) is 3.54. The van der Waals surface area contributed by atoms with Crippen molar-refractivity contribution >= 4 is 26.8 Å². The molecule has 1 aliphatic heterocycles. The summed E-state index contributed by atoms with van der Waals surface area (Å²) in [6, 6.07) is 11.0.